The molecule has 1 aliphatic heterocycles. The smallest absolute Gasteiger partial charge is 0.137 e. The SMILES string of the molecule is CC1(Cl)CC(Cl)=CC(Cl)=N1. The second-order valence-electron chi connectivity index (χ2n) is 2.34. The van der Waals surface area contributed by atoms with E-state index in [1.54, 1.807) is 13.0 Å². The van der Waals surface area contributed by atoms with E-state index >= 15 is 0 Å². The van der Waals surface area contributed by atoms with Crippen LogP contribution in [0.25, 0.3) is 0 Å². The van der Waals surface area contributed by atoms with Gasteiger partial charge in [0.2, 0.25) is 0 Å². The molecule has 0 fully saturated rings. The van der Waals surface area contributed by atoms with Gasteiger partial charge in [0.15, 0.2) is 0 Å². The molecule has 1 nitrogen and oxygen atoms in total. The minimum absolute atomic E-state index is 0.369. The minimum atomic E-state index is -0.650. The Balaban J connectivity index is 2.88. The summed E-state index contributed by atoms with van der Waals surface area (Å²) in [5.41, 5.74) is 0. The number of nitrogens with zero attached hydrogens (tertiary/aromatic N) is 1. The summed E-state index contributed by atoms with van der Waals surface area (Å²) in [5, 5.41) is 1.02. The summed E-state index contributed by atoms with van der Waals surface area (Å²) in [6.45, 7) is 1.77. The maximum absolute atomic E-state index is 5.86. The zero-order valence-electron chi connectivity index (χ0n) is 5.37. The zero-order valence-corrected chi connectivity index (χ0v) is 7.63. The van der Waals surface area contributed by atoms with Crippen LogP contribution in [0.3, 0.4) is 0 Å². The first-order chi connectivity index (χ1) is 4.49. The summed E-state index contributed by atoms with van der Waals surface area (Å²) in [4.78, 5) is 3.30. The molecule has 0 amide bonds. The molecular weight excluding hydrogens is 192 g/mol. The van der Waals surface area contributed by atoms with Crippen LogP contribution >= 0.6 is 34.8 Å². The molecule has 0 aromatic heterocycles. The van der Waals surface area contributed by atoms with Gasteiger partial charge in [-0.3, -0.25) is 4.99 Å². The third-order valence-corrected chi connectivity index (χ3v) is 1.76. The van der Waals surface area contributed by atoms with E-state index in [-0.39, 0.29) is 0 Å². The predicted octanol–water partition coefficient (Wildman–Crippen LogP) is 3.11. The average molecular weight is 198 g/mol. The molecular formula is C6H6Cl3N. The lowest BCUT2D eigenvalue weighted by Gasteiger charge is -2.19. The first-order valence-electron chi connectivity index (χ1n) is 2.80. The Hall–Kier alpha value is 0.280. The highest BCUT2D eigenvalue weighted by molar-refractivity contribution is 6.69. The van der Waals surface area contributed by atoms with Gasteiger partial charge in [0.1, 0.15) is 10.2 Å². The molecule has 0 aliphatic carbocycles. The van der Waals surface area contributed by atoms with Crippen molar-refractivity contribution in [2.75, 3.05) is 0 Å². The Kier molecular flexibility index (Phi) is 2.28. The van der Waals surface area contributed by atoms with Crippen LogP contribution in [0, 0.1) is 0 Å². The molecule has 1 heterocycles. The molecule has 0 saturated carbocycles. The van der Waals surface area contributed by atoms with Crippen LogP contribution in [0.2, 0.25) is 0 Å². The van der Waals surface area contributed by atoms with Crippen LogP contribution in [0.1, 0.15) is 13.3 Å². The van der Waals surface area contributed by atoms with E-state index in [2.05, 4.69) is 4.99 Å². The molecule has 0 radical (unpaired) electrons. The first-order valence-corrected chi connectivity index (χ1v) is 3.93. The fourth-order valence-electron chi connectivity index (χ4n) is 0.783. The maximum atomic E-state index is 5.86. The van der Waals surface area contributed by atoms with Gasteiger partial charge in [-0.2, -0.15) is 0 Å². The Morgan fingerprint density at radius 3 is 2.60 bits per heavy atom. The molecule has 4 heteroatoms. The van der Waals surface area contributed by atoms with Gasteiger partial charge >= 0.3 is 0 Å². The number of rotatable bonds is 0. The second-order valence-corrected chi connectivity index (χ2v) is 4.03. The van der Waals surface area contributed by atoms with Gasteiger partial charge in [0.25, 0.3) is 0 Å². The van der Waals surface area contributed by atoms with Crippen LogP contribution in [0.5, 0.6) is 0 Å². The molecule has 0 bridgehead atoms. The Labute approximate surface area is 74.7 Å². The number of hydrogen-bond acceptors (Lipinski definition) is 1. The number of aliphatic imine (C=N–C) groups is 1. The normalized spacial score (nSPS) is 33.2. The molecule has 0 saturated heterocycles. The second kappa shape index (κ2) is 2.72. The molecule has 0 spiro atoms. The van der Waals surface area contributed by atoms with Crippen LogP contribution in [0.15, 0.2) is 16.1 Å². The van der Waals surface area contributed by atoms with E-state index in [0.29, 0.717) is 16.6 Å². The maximum Gasteiger partial charge on any atom is 0.137 e. The van der Waals surface area contributed by atoms with Gasteiger partial charge in [0.05, 0.1) is 0 Å². The largest absolute Gasteiger partial charge is 0.250 e. The molecule has 0 aromatic carbocycles. The summed E-state index contributed by atoms with van der Waals surface area (Å²) in [5.74, 6) is 0. The van der Waals surface area contributed by atoms with Crippen molar-refractivity contribution in [3.8, 4) is 0 Å². The van der Waals surface area contributed by atoms with Gasteiger partial charge in [-0.1, -0.05) is 34.8 Å². The minimum Gasteiger partial charge on any atom is -0.250 e. The van der Waals surface area contributed by atoms with Gasteiger partial charge in [-0.05, 0) is 13.0 Å². The third kappa shape index (κ3) is 2.15. The Morgan fingerprint density at radius 1 is 1.60 bits per heavy atom. The highest BCUT2D eigenvalue weighted by Gasteiger charge is 2.24. The first kappa shape index (κ1) is 8.38. The van der Waals surface area contributed by atoms with Crippen LogP contribution in [0.4, 0.5) is 0 Å². The van der Waals surface area contributed by atoms with Crippen molar-refractivity contribution in [2.45, 2.75) is 18.3 Å². The Bertz CT molecular complexity index is 205. The van der Waals surface area contributed by atoms with E-state index in [0.717, 1.165) is 0 Å². The third-order valence-electron chi connectivity index (χ3n) is 1.11. The number of alkyl halides is 1. The highest BCUT2D eigenvalue weighted by Crippen LogP contribution is 2.31. The van der Waals surface area contributed by atoms with E-state index < -0.39 is 5.00 Å². The van der Waals surface area contributed by atoms with Gasteiger partial charge in [-0.25, -0.2) is 0 Å². The van der Waals surface area contributed by atoms with Crippen molar-refractivity contribution in [3.05, 3.63) is 11.1 Å². The fourth-order valence-corrected chi connectivity index (χ4v) is 1.87. The van der Waals surface area contributed by atoms with Gasteiger partial charge in [0, 0.05) is 11.5 Å². The van der Waals surface area contributed by atoms with Crippen molar-refractivity contribution in [1.82, 2.24) is 0 Å². The lowest BCUT2D eigenvalue weighted by atomic mass is 10.2. The molecule has 1 unspecified atom stereocenters. The topological polar surface area (TPSA) is 12.4 Å². The molecule has 10 heavy (non-hydrogen) atoms. The summed E-state index contributed by atoms with van der Waals surface area (Å²) in [6.07, 6.45) is 2.15. The summed E-state index contributed by atoms with van der Waals surface area (Å²) in [7, 11) is 0. The molecule has 0 N–H and O–H groups in total. The standard InChI is InChI=1S/C6H6Cl3N/c1-6(9)3-4(7)2-5(8)10-6/h2H,3H2,1H3. The quantitative estimate of drug-likeness (QED) is 0.419. The van der Waals surface area contributed by atoms with Crippen molar-refractivity contribution in [2.24, 2.45) is 4.99 Å². The number of hydrogen-bond donors (Lipinski definition) is 0. The number of allylic oxidation sites excluding steroid dienone is 1. The van der Waals surface area contributed by atoms with E-state index in [1.807, 2.05) is 0 Å². The summed E-state index contributed by atoms with van der Waals surface area (Å²) < 4.78 is 0. The van der Waals surface area contributed by atoms with Gasteiger partial charge < -0.3 is 0 Å². The van der Waals surface area contributed by atoms with Gasteiger partial charge in [-0.15, -0.1) is 0 Å². The summed E-state index contributed by atoms with van der Waals surface area (Å²) in [6, 6.07) is 0. The van der Waals surface area contributed by atoms with Crippen molar-refractivity contribution in [1.29, 1.82) is 0 Å². The number of dihydropyridines is 1. The number of halogens is 3. The highest BCUT2D eigenvalue weighted by atomic mass is 35.5. The van der Waals surface area contributed by atoms with Crippen molar-refractivity contribution in [3.63, 3.8) is 0 Å². The molecule has 1 atom stereocenters. The molecule has 56 valence electrons. The Morgan fingerprint density at radius 2 is 2.20 bits per heavy atom. The molecule has 1 rings (SSSR count). The zero-order chi connectivity index (χ0) is 7.78. The average Bonchev–Trinajstić information content (AvgIpc) is 1.54. The monoisotopic (exact) mass is 197 g/mol. The lowest BCUT2D eigenvalue weighted by Crippen LogP contribution is -2.17. The molecule has 0 aromatic rings. The van der Waals surface area contributed by atoms with E-state index in [1.165, 1.54) is 0 Å². The molecule has 1 aliphatic rings. The van der Waals surface area contributed by atoms with Crippen LogP contribution in [-0.4, -0.2) is 10.2 Å². The fraction of sp³-hybridized carbons (Fsp3) is 0.500. The van der Waals surface area contributed by atoms with E-state index in [9.17, 15) is 0 Å². The van der Waals surface area contributed by atoms with Crippen molar-refractivity contribution >= 4 is 40.0 Å². The van der Waals surface area contributed by atoms with E-state index in [4.69, 9.17) is 34.8 Å². The lowest BCUT2D eigenvalue weighted by molar-refractivity contribution is 0.667. The van der Waals surface area contributed by atoms with Crippen LogP contribution < -0.4 is 0 Å². The summed E-state index contributed by atoms with van der Waals surface area (Å²) >= 11 is 17.2. The van der Waals surface area contributed by atoms with Crippen LogP contribution in [-0.2, 0) is 0 Å². The predicted molar refractivity (Wildman–Crippen MR) is 46.1 cm³/mol. The van der Waals surface area contributed by atoms with Crippen molar-refractivity contribution < 1.29 is 0 Å².